The molecule has 4 heterocycles. The predicted molar refractivity (Wildman–Crippen MR) is 106 cm³/mol. The van der Waals surface area contributed by atoms with Crippen LogP contribution in [0.5, 0.6) is 5.88 Å². The molecule has 0 spiro atoms. The van der Waals surface area contributed by atoms with Crippen LogP contribution in [0.4, 0.5) is 10.3 Å². The summed E-state index contributed by atoms with van der Waals surface area (Å²) in [6.07, 6.45) is -2.24. The number of halogens is 2. The van der Waals surface area contributed by atoms with Crippen LogP contribution in [0.25, 0.3) is 11.2 Å². The zero-order valence-corrected chi connectivity index (χ0v) is 18.3. The Kier molecular flexibility index (Phi) is 5.48. The molecule has 2 aliphatic rings. The molecule has 0 bridgehead atoms. The van der Waals surface area contributed by atoms with E-state index >= 15 is 4.39 Å². The van der Waals surface area contributed by atoms with Crippen molar-refractivity contribution in [3.8, 4) is 5.88 Å². The number of hydrogen-bond donors (Lipinski definition) is 1. The molecule has 29 heavy (non-hydrogen) atoms. The van der Waals surface area contributed by atoms with Gasteiger partial charge in [-0.25, -0.2) is 9.37 Å². The smallest absolute Gasteiger partial charge is 0.328 e. The van der Waals surface area contributed by atoms with Gasteiger partial charge in [-0.2, -0.15) is 9.97 Å². The van der Waals surface area contributed by atoms with Crippen molar-refractivity contribution < 1.29 is 27.4 Å². The summed E-state index contributed by atoms with van der Waals surface area (Å²) in [5, 5.41) is -2.49. The summed E-state index contributed by atoms with van der Waals surface area (Å²) >= 11 is 11.6. The molecule has 0 amide bonds. The van der Waals surface area contributed by atoms with Crippen LogP contribution in [-0.4, -0.2) is 56.2 Å². The molecule has 2 aromatic rings. The van der Waals surface area contributed by atoms with Gasteiger partial charge in [-0.3, -0.25) is 9.09 Å². The van der Waals surface area contributed by atoms with Gasteiger partial charge in [-0.05, 0) is 32.6 Å². The minimum atomic E-state index is -3.16. The van der Waals surface area contributed by atoms with E-state index < -0.39 is 30.3 Å². The molecule has 10 nitrogen and oxygen atoms in total. The fourth-order valence-electron chi connectivity index (χ4n) is 3.20. The molecule has 0 radical (unpaired) electrons. The van der Waals surface area contributed by atoms with Crippen LogP contribution in [0, 0.1) is 0 Å². The number of nitrogen functional groups attached to an aromatic ring is 1. The standard InChI is InChI=1S/C15H20ClFN5O5PS/c1-4-23-12-9-11(20-14(18)21-12)22(6-19-9)13-15(16,17)10-8(25-13)5-24-28(29,27-10)26-7(2)3/h6-8,10,13H,4-5H2,1-3H3,(H2,18,20,21)/t8-,10-,13-,15-,28-/m1/s1. The second kappa shape index (κ2) is 7.52. The number of ether oxygens (including phenoxy) is 2. The second-order valence-corrected chi connectivity index (χ2v) is 10.3. The molecule has 2 aliphatic heterocycles. The summed E-state index contributed by atoms with van der Waals surface area (Å²) in [5.74, 6) is 0.126. The number of nitrogens with zero attached hydrogens (tertiary/aromatic N) is 4. The minimum absolute atomic E-state index is 0.0164. The summed E-state index contributed by atoms with van der Waals surface area (Å²) in [6, 6.07) is 0. The van der Waals surface area contributed by atoms with Crippen LogP contribution in [-0.2, 0) is 30.1 Å². The molecule has 2 fully saturated rings. The van der Waals surface area contributed by atoms with Gasteiger partial charge in [0.2, 0.25) is 11.8 Å². The number of alkyl halides is 2. The van der Waals surface area contributed by atoms with Crippen molar-refractivity contribution in [2.24, 2.45) is 0 Å². The number of anilines is 1. The minimum Gasteiger partial charge on any atom is -0.476 e. The maximum absolute atomic E-state index is 15.8. The van der Waals surface area contributed by atoms with Crippen molar-refractivity contribution in [1.82, 2.24) is 19.5 Å². The van der Waals surface area contributed by atoms with E-state index in [2.05, 4.69) is 15.0 Å². The van der Waals surface area contributed by atoms with Crippen molar-refractivity contribution in [3.05, 3.63) is 6.33 Å². The maximum Gasteiger partial charge on any atom is 0.328 e. The maximum atomic E-state index is 15.8. The third kappa shape index (κ3) is 3.71. The molecule has 160 valence electrons. The van der Waals surface area contributed by atoms with E-state index in [9.17, 15) is 0 Å². The SMILES string of the molecule is CCOc1nc(N)nc2c1ncn2[C@@H]1O[C@@H]2CO[P@@](=S)(OC(C)C)O[C@H]2[C@]1(F)Cl. The first-order chi connectivity index (χ1) is 13.6. The lowest BCUT2D eigenvalue weighted by Crippen LogP contribution is -2.43. The van der Waals surface area contributed by atoms with Gasteiger partial charge in [0, 0.05) is 0 Å². The highest BCUT2D eigenvalue weighted by Crippen LogP contribution is 2.61. The largest absolute Gasteiger partial charge is 0.476 e. The number of hydrogen-bond acceptors (Lipinski definition) is 10. The highest BCUT2D eigenvalue weighted by Gasteiger charge is 2.62. The van der Waals surface area contributed by atoms with E-state index in [1.54, 1.807) is 20.8 Å². The summed E-state index contributed by atoms with van der Waals surface area (Å²) in [6.45, 7) is 2.52. The van der Waals surface area contributed by atoms with Crippen LogP contribution in [0.15, 0.2) is 6.33 Å². The molecule has 0 unspecified atom stereocenters. The predicted octanol–water partition coefficient (Wildman–Crippen LogP) is 2.67. The summed E-state index contributed by atoms with van der Waals surface area (Å²) in [7, 11) is 0. The van der Waals surface area contributed by atoms with E-state index in [1.165, 1.54) is 10.9 Å². The monoisotopic (exact) mass is 467 g/mol. The molecule has 0 aromatic carbocycles. The van der Waals surface area contributed by atoms with Crippen molar-refractivity contribution in [2.75, 3.05) is 18.9 Å². The molecule has 2 N–H and O–H groups in total. The molecule has 0 aliphatic carbocycles. The number of fused-ring (bicyclic) bond motifs is 2. The van der Waals surface area contributed by atoms with Gasteiger partial charge in [0.1, 0.15) is 12.2 Å². The van der Waals surface area contributed by atoms with Gasteiger partial charge in [-0.15, -0.1) is 0 Å². The fraction of sp³-hybridized carbons (Fsp3) is 0.667. The van der Waals surface area contributed by atoms with Crippen LogP contribution in [0.3, 0.4) is 0 Å². The third-order valence-electron chi connectivity index (χ3n) is 4.27. The molecular weight excluding hydrogens is 448 g/mol. The Balaban J connectivity index is 1.70. The first-order valence-corrected chi connectivity index (χ1v) is 11.9. The van der Waals surface area contributed by atoms with E-state index in [1.807, 2.05) is 0 Å². The molecule has 4 rings (SSSR count). The third-order valence-corrected chi connectivity index (χ3v) is 7.13. The van der Waals surface area contributed by atoms with Crippen LogP contribution in [0.2, 0.25) is 0 Å². The molecular formula is C15H20ClFN5O5PS. The fourth-order valence-corrected chi connectivity index (χ4v) is 6.16. The quantitative estimate of drug-likeness (QED) is 0.519. The lowest BCUT2D eigenvalue weighted by Gasteiger charge is -2.35. The number of rotatable bonds is 5. The van der Waals surface area contributed by atoms with Gasteiger partial charge >= 0.3 is 6.72 Å². The van der Waals surface area contributed by atoms with Gasteiger partial charge in [0.15, 0.2) is 17.4 Å². The first-order valence-electron chi connectivity index (χ1n) is 8.92. The van der Waals surface area contributed by atoms with Crippen molar-refractivity contribution in [2.45, 2.75) is 50.4 Å². The number of imidazole rings is 1. The van der Waals surface area contributed by atoms with E-state index in [0.717, 1.165) is 0 Å². The van der Waals surface area contributed by atoms with Crippen molar-refractivity contribution in [3.63, 3.8) is 0 Å². The Morgan fingerprint density at radius 2 is 2.28 bits per heavy atom. The number of aromatic nitrogens is 4. The van der Waals surface area contributed by atoms with Crippen LogP contribution < -0.4 is 10.5 Å². The molecule has 2 aromatic heterocycles. The highest BCUT2D eigenvalue weighted by molar-refractivity contribution is 8.07. The van der Waals surface area contributed by atoms with Gasteiger partial charge in [-0.1, -0.05) is 11.6 Å². The van der Waals surface area contributed by atoms with E-state index in [-0.39, 0.29) is 30.2 Å². The Bertz CT molecular complexity index is 978. The lowest BCUT2D eigenvalue weighted by atomic mass is 10.1. The van der Waals surface area contributed by atoms with E-state index in [0.29, 0.717) is 12.1 Å². The Morgan fingerprint density at radius 3 is 2.97 bits per heavy atom. The lowest BCUT2D eigenvalue weighted by molar-refractivity contribution is -0.0635. The second-order valence-electron chi connectivity index (χ2n) is 6.77. The Morgan fingerprint density at radius 1 is 1.52 bits per heavy atom. The zero-order chi connectivity index (χ0) is 21.0. The molecule has 14 heteroatoms. The normalized spacial score (nSPS) is 34.6. The summed E-state index contributed by atoms with van der Waals surface area (Å²) in [5.41, 5.74) is 6.28. The summed E-state index contributed by atoms with van der Waals surface area (Å²) in [4.78, 5) is 12.4. The topological polar surface area (TPSA) is 116 Å². The number of nitrogens with two attached hydrogens (primary N) is 1. The average Bonchev–Trinajstić information content (AvgIpc) is 3.13. The zero-order valence-electron chi connectivity index (χ0n) is 15.8. The van der Waals surface area contributed by atoms with Crippen LogP contribution in [0.1, 0.15) is 27.0 Å². The molecule has 2 saturated heterocycles. The van der Waals surface area contributed by atoms with E-state index in [4.69, 9.17) is 52.2 Å². The van der Waals surface area contributed by atoms with Gasteiger partial charge in [0.05, 0.1) is 25.6 Å². The highest BCUT2D eigenvalue weighted by atomic mass is 35.5. The Labute approximate surface area is 176 Å². The Hall–Kier alpha value is -1.14. The van der Waals surface area contributed by atoms with Gasteiger partial charge < -0.3 is 24.3 Å². The van der Waals surface area contributed by atoms with Crippen molar-refractivity contribution in [1.29, 1.82) is 0 Å². The average molecular weight is 468 g/mol. The van der Waals surface area contributed by atoms with Crippen molar-refractivity contribution >= 4 is 47.2 Å². The van der Waals surface area contributed by atoms with Gasteiger partial charge in [0.25, 0.3) is 5.13 Å². The molecule has 0 saturated carbocycles. The first kappa shape index (κ1) is 21.1. The van der Waals surface area contributed by atoms with Crippen LogP contribution >= 0.6 is 18.3 Å². The molecule has 5 atom stereocenters. The summed E-state index contributed by atoms with van der Waals surface area (Å²) < 4.78 is 45.1.